The summed E-state index contributed by atoms with van der Waals surface area (Å²) in [7, 11) is 0. The molecule has 2 aromatic rings. The van der Waals surface area contributed by atoms with Gasteiger partial charge in [-0.1, -0.05) is 35.9 Å². The summed E-state index contributed by atoms with van der Waals surface area (Å²) in [6, 6.07) is 12.0. The van der Waals surface area contributed by atoms with Crippen molar-refractivity contribution in [2.45, 2.75) is 13.5 Å². The van der Waals surface area contributed by atoms with Crippen molar-refractivity contribution in [1.82, 2.24) is 0 Å². The van der Waals surface area contributed by atoms with E-state index >= 15 is 0 Å². The van der Waals surface area contributed by atoms with E-state index in [4.69, 9.17) is 16.3 Å². The number of hydrogen-bond acceptors (Lipinski definition) is 3. The third-order valence-corrected chi connectivity index (χ3v) is 3.02. The molecule has 0 N–H and O–H groups in total. The van der Waals surface area contributed by atoms with Gasteiger partial charge in [0.2, 0.25) is 0 Å². The minimum atomic E-state index is -0.457. The molecule has 0 amide bonds. The number of rotatable bonds is 4. The van der Waals surface area contributed by atoms with Gasteiger partial charge in [0.15, 0.2) is 5.75 Å². The van der Waals surface area contributed by atoms with Crippen LogP contribution in [0.4, 0.5) is 5.69 Å². The van der Waals surface area contributed by atoms with E-state index in [9.17, 15) is 10.1 Å². The first kappa shape index (κ1) is 13.4. The van der Waals surface area contributed by atoms with Crippen LogP contribution in [0.2, 0.25) is 5.02 Å². The molecule has 4 nitrogen and oxygen atoms in total. The molecule has 0 aliphatic rings. The van der Waals surface area contributed by atoms with E-state index in [0.29, 0.717) is 5.02 Å². The fourth-order valence-corrected chi connectivity index (χ4v) is 1.85. The number of halogens is 1. The van der Waals surface area contributed by atoms with E-state index in [1.165, 1.54) is 6.07 Å². The van der Waals surface area contributed by atoms with E-state index in [0.717, 1.165) is 11.1 Å². The molecule has 0 saturated heterocycles. The number of aryl methyl sites for hydroxylation is 1. The SMILES string of the molecule is Cc1ccc([N+](=O)[O-])c(OCc2ccccc2Cl)c1. The minimum Gasteiger partial charge on any atom is -0.482 e. The molecule has 5 heteroatoms. The fourth-order valence-electron chi connectivity index (χ4n) is 1.66. The molecular weight excluding hydrogens is 266 g/mol. The van der Waals surface area contributed by atoms with Crippen molar-refractivity contribution in [2.75, 3.05) is 0 Å². The van der Waals surface area contributed by atoms with Gasteiger partial charge in [0, 0.05) is 16.7 Å². The zero-order chi connectivity index (χ0) is 13.8. The summed E-state index contributed by atoms with van der Waals surface area (Å²) in [4.78, 5) is 10.5. The third-order valence-electron chi connectivity index (χ3n) is 2.65. The maximum Gasteiger partial charge on any atom is 0.310 e. The molecule has 19 heavy (non-hydrogen) atoms. The Hall–Kier alpha value is -2.07. The van der Waals surface area contributed by atoms with Gasteiger partial charge in [0.1, 0.15) is 6.61 Å². The fraction of sp³-hybridized carbons (Fsp3) is 0.143. The van der Waals surface area contributed by atoms with E-state index in [1.807, 2.05) is 25.1 Å². The van der Waals surface area contributed by atoms with E-state index < -0.39 is 4.92 Å². The highest BCUT2D eigenvalue weighted by molar-refractivity contribution is 6.31. The summed E-state index contributed by atoms with van der Waals surface area (Å²) in [6.07, 6.45) is 0. The van der Waals surface area contributed by atoms with Crippen molar-refractivity contribution >= 4 is 17.3 Å². The van der Waals surface area contributed by atoms with Gasteiger partial charge >= 0.3 is 5.69 Å². The maximum atomic E-state index is 10.9. The number of nitro groups is 1. The minimum absolute atomic E-state index is 0.0438. The van der Waals surface area contributed by atoms with Crippen LogP contribution in [0.15, 0.2) is 42.5 Å². The molecule has 0 heterocycles. The average Bonchev–Trinajstić information content (AvgIpc) is 2.37. The van der Waals surface area contributed by atoms with Gasteiger partial charge < -0.3 is 4.74 Å². The van der Waals surface area contributed by atoms with Gasteiger partial charge in [-0.05, 0) is 24.6 Å². The van der Waals surface area contributed by atoms with Crippen LogP contribution in [0.3, 0.4) is 0 Å². The highest BCUT2D eigenvalue weighted by Crippen LogP contribution is 2.29. The van der Waals surface area contributed by atoms with Crippen LogP contribution in [0, 0.1) is 17.0 Å². The molecule has 0 saturated carbocycles. The van der Waals surface area contributed by atoms with Crippen LogP contribution in [0.25, 0.3) is 0 Å². The zero-order valence-electron chi connectivity index (χ0n) is 10.3. The molecule has 0 bridgehead atoms. The summed E-state index contributed by atoms with van der Waals surface area (Å²) < 4.78 is 5.52. The maximum absolute atomic E-state index is 10.9. The van der Waals surface area contributed by atoms with Crippen molar-refractivity contribution in [3.05, 3.63) is 68.7 Å². The van der Waals surface area contributed by atoms with Crippen molar-refractivity contribution in [2.24, 2.45) is 0 Å². The number of hydrogen-bond donors (Lipinski definition) is 0. The van der Waals surface area contributed by atoms with E-state index in [1.54, 1.807) is 18.2 Å². The first-order valence-corrected chi connectivity index (χ1v) is 6.07. The standard InChI is InChI=1S/C14H12ClNO3/c1-10-6-7-13(16(17)18)14(8-10)19-9-11-4-2-3-5-12(11)15/h2-8H,9H2,1H3. The molecule has 0 aliphatic carbocycles. The predicted octanol–water partition coefficient (Wildman–Crippen LogP) is 4.14. The van der Waals surface area contributed by atoms with Crippen molar-refractivity contribution in [3.8, 4) is 5.75 Å². The number of nitrogens with zero attached hydrogens (tertiary/aromatic N) is 1. The molecule has 0 unspecified atom stereocenters. The first-order chi connectivity index (χ1) is 9.08. The van der Waals surface area contributed by atoms with Crippen LogP contribution < -0.4 is 4.74 Å². The predicted molar refractivity (Wildman–Crippen MR) is 73.6 cm³/mol. The van der Waals surface area contributed by atoms with Crippen LogP contribution in [0.5, 0.6) is 5.75 Å². The molecule has 0 radical (unpaired) electrons. The Morgan fingerprint density at radius 1 is 1.26 bits per heavy atom. The molecule has 0 fully saturated rings. The summed E-state index contributed by atoms with van der Waals surface area (Å²) in [5, 5.41) is 11.5. The van der Waals surface area contributed by atoms with Crippen LogP contribution in [-0.2, 0) is 6.61 Å². The summed E-state index contributed by atoms with van der Waals surface area (Å²) in [6.45, 7) is 2.05. The highest BCUT2D eigenvalue weighted by atomic mass is 35.5. The first-order valence-electron chi connectivity index (χ1n) is 5.69. The molecule has 0 aliphatic heterocycles. The Kier molecular flexibility index (Phi) is 4.02. The molecule has 98 valence electrons. The number of benzene rings is 2. The van der Waals surface area contributed by atoms with Crippen molar-refractivity contribution < 1.29 is 9.66 Å². The van der Waals surface area contributed by atoms with Gasteiger partial charge in [0.05, 0.1) is 4.92 Å². The van der Waals surface area contributed by atoms with Crippen LogP contribution >= 0.6 is 11.6 Å². The topological polar surface area (TPSA) is 52.4 Å². The molecule has 2 aromatic carbocycles. The summed E-state index contributed by atoms with van der Waals surface area (Å²) in [5.41, 5.74) is 1.65. The Bertz CT molecular complexity index is 613. The second kappa shape index (κ2) is 5.71. The van der Waals surface area contributed by atoms with Gasteiger partial charge in [-0.3, -0.25) is 10.1 Å². The lowest BCUT2D eigenvalue weighted by atomic mass is 10.2. The Labute approximate surface area is 115 Å². The average molecular weight is 278 g/mol. The highest BCUT2D eigenvalue weighted by Gasteiger charge is 2.15. The van der Waals surface area contributed by atoms with Gasteiger partial charge in [-0.25, -0.2) is 0 Å². The third kappa shape index (κ3) is 3.23. The van der Waals surface area contributed by atoms with Crippen LogP contribution in [-0.4, -0.2) is 4.92 Å². The smallest absolute Gasteiger partial charge is 0.310 e. The van der Waals surface area contributed by atoms with Crippen LogP contribution in [0.1, 0.15) is 11.1 Å². The lowest BCUT2D eigenvalue weighted by Crippen LogP contribution is -2.00. The monoisotopic (exact) mass is 277 g/mol. The normalized spacial score (nSPS) is 10.2. The largest absolute Gasteiger partial charge is 0.482 e. The molecule has 0 atom stereocenters. The number of ether oxygens (including phenoxy) is 1. The van der Waals surface area contributed by atoms with Gasteiger partial charge in [-0.15, -0.1) is 0 Å². The summed E-state index contributed by atoms with van der Waals surface area (Å²) in [5.74, 6) is 0.255. The van der Waals surface area contributed by atoms with Crippen molar-refractivity contribution in [3.63, 3.8) is 0 Å². The second-order valence-electron chi connectivity index (χ2n) is 4.11. The zero-order valence-corrected chi connectivity index (χ0v) is 11.1. The molecule has 0 aromatic heterocycles. The lowest BCUT2D eigenvalue weighted by Gasteiger charge is -2.08. The Morgan fingerprint density at radius 2 is 2.00 bits per heavy atom. The second-order valence-corrected chi connectivity index (χ2v) is 4.52. The molecule has 0 spiro atoms. The number of nitro benzene ring substituents is 1. The van der Waals surface area contributed by atoms with E-state index in [2.05, 4.69) is 0 Å². The Morgan fingerprint density at radius 3 is 2.68 bits per heavy atom. The van der Waals surface area contributed by atoms with Crippen molar-refractivity contribution in [1.29, 1.82) is 0 Å². The lowest BCUT2D eigenvalue weighted by molar-refractivity contribution is -0.386. The summed E-state index contributed by atoms with van der Waals surface area (Å²) >= 11 is 6.01. The molecular formula is C14H12ClNO3. The van der Waals surface area contributed by atoms with Gasteiger partial charge in [-0.2, -0.15) is 0 Å². The Balaban J connectivity index is 2.22. The quantitative estimate of drug-likeness (QED) is 0.623. The van der Waals surface area contributed by atoms with Gasteiger partial charge in [0.25, 0.3) is 0 Å². The molecule has 2 rings (SSSR count). The van der Waals surface area contributed by atoms with E-state index in [-0.39, 0.29) is 18.0 Å².